The highest BCUT2D eigenvalue weighted by Gasteiger charge is 2.27. The van der Waals surface area contributed by atoms with E-state index in [9.17, 15) is 19.0 Å². The van der Waals surface area contributed by atoms with Crippen LogP contribution >= 0.6 is 7.82 Å². The molecule has 0 fully saturated rings. The van der Waals surface area contributed by atoms with Gasteiger partial charge in [-0.1, -0.05) is 154 Å². The van der Waals surface area contributed by atoms with E-state index < -0.39 is 26.5 Å². The highest BCUT2D eigenvalue weighted by molar-refractivity contribution is 7.47. The first-order valence-electron chi connectivity index (χ1n) is 21.3. The van der Waals surface area contributed by atoms with Crippen molar-refractivity contribution in [3.63, 3.8) is 0 Å². The van der Waals surface area contributed by atoms with Gasteiger partial charge >= 0.3 is 19.8 Å². The maximum atomic E-state index is 12.7. The second kappa shape index (κ2) is 35.8. The van der Waals surface area contributed by atoms with Crippen molar-refractivity contribution in [1.29, 1.82) is 0 Å². The van der Waals surface area contributed by atoms with Crippen LogP contribution < -0.4 is 0 Å². The van der Waals surface area contributed by atoms with Gasteiger partial charge in [-0.3, -0.25) is 23.9 Å². The molecule has 12 heteroatoms. The molecule has 0 aromatic heterocycles. The number of phosphoric ester groups is 1. The van der Waals surface area contributed by atoms with Gasteiger partial charge in [0.15, 0.2) is 6.10 Å². The van der Waals surface area contributed by atoms with Gasteiger partial charge in [-0.25, -0.2) is 9.45 Å². The molecule has 0 heterocycles. The fraction of sp³-hybridized carbons (Fsp3) is 0.857. The lowest BCUT2D eigenvalue weighted by molar-refractivity contribution is -0.870. The van der Waals surface area contributed by atoms with Gasteiger partial charge in [0.1, 0.15) is 25.9 Å². The summed E-state index contributed by atoms with van der Waals surface area (Å²) in [7, 11) is 1.42. The molecule has 0 bridgehead atoms. The molecule has 0 amide bonds. The van der Waals surface area contributed by atoms with Gasteiger partial charge in [0.05, 0.1) is 27.7 Å². The van der Waals surface area contributed by atoms with Crippen molar-refractivity contribution in [2.45, 2.75) is 187 Å². The molecule has 11 nitrogen and oxygen atoms in total. The number of hydrogen-bond acceptors (Lipinski definition) is 9. The van der Waals surface area contributed by atoms with Crippen LogP contribution in [-0.2, 0) is 37.6 Å². The Balaban J connectivity index is 4.48. The van der Waals surface area contributed by atoms with Crippen LogP contribution in [0.15, 0.2) is 24.3 Å². The summed E-state index contributed by atoms with van der Waals surface area (Å²) in [6.45, 7) is 4.22. The van der Waals surface area contributed by atoms with E-state index in [0.29, 0.717) is 17.4 Å². The van der Waals surface area contributed by atoms with Crippen molar-refractivity contribution in [2.24, 2.45) is 0 Å². The van der Waals surface area contributed by atoms with E-state index in [4.69, 9.17) is 23.8 Å². The Morgan fingerprint density at radius 2 is 1.19 bits per heavy atom. The Bertz CT molecular complexity index is 1000. The second-order valence-corrected chi connectivity index (χ2v) is 17.1. The van der Waals surface area contributed by atoms with Crippen LogP contribution in [0.25, 0.3) is 0 Å². The molecule has 0 aliphatic heterocycles. The molecular formula is C42H81NO10P+. The fourth-order valence-electron chi connectivity index (χ4n) is 5.76. The summed E-state index contributed by atoms with van der Waals surface area (Å²) in [4.78, 5) is 39.8. The number of phosphoric acid groups is 1. The van der Waals surface area contributed by atoms with Crippen molar-refractivity contribution in [3.8, 4) is 0 Å². The molecule has 318 valence electrons. The molecule has 0 spiro atoms. The lowest BCUT2D eigenvalue weighted by Crippen LogP contribution is -2.37. The fourth-order valence-corrected chi connectivity index (χ4v) is 6.50. The number of rotatable bonds is 39. The Morgan fingerprint density at radius 1 is 0.667 bits per heavy atom. The number of allylic oxidation sites excluding steroid dienone is 3. The first-order valence-corrected chi connectivity index (χ1v) is 22.8. The molecule has 0 aromatic carbocycles. The number of unbranched alkanes of at least 4 members (excludes halogenated alkanes) is 19. The zero-order chi connectivity index (χ0) is 40.2. The zero-order valence-electron chi connectivity index (χ0n) is 35.0. The number of carbonyl (C=O) groups excluding carboxylic acids is 2. The highest BCUT2D eigenvalue weighted by Crippen LogP contribution is 2.43. The Labute approximate surface area is 329 Å². The van der Waals surface area contributed by atoms with E-state index in [1.54, 1.807) is 0 Å². The molecule has 0 saturated heterocycles. The van der Waals surface area contributed by atoms with E-state index >= 15 is 0 Å². The Hall–Kier alpha value is -1.59. The van der Waals surface area contributed by atoms with E-state index in [2.05, 4.69) is 24.8 Å². The summed E-state index contributed by atoms with van der Waals surface area (Å²) in [5, 5.41) is 9.02. The van der Waals surface area contributed by atoms with Crippen molar-refractivity contribution in [2.75, 3.05) is 47.5 Å². The van der Waals surface area contributed by atoms with Crippen LogP contribution in [0.5, 0.6) is 0 Å². The first kappa shape index (κ1) is 52.4. The minimum absolute atomic E-state index is 0.0167. The van der Waals surface area contributed by atoms with Crippen molar-refractivity contribution < 1.29 is 52.2 Å². The quantitative estimate of drug-likeness (QED) is 0.0118. The summed E-state index contributed by atoms with van der Waals surface area (Å²) in [6.07, 6.45) is 32.5. The van der Waals surface area contributed by atoms with Gasteiger partial charge in [0.25, 0.3) is 0 Å². The van der Waals surface area contributed by atoms with E-state index in [0.717, 1.165) is 77.0 Å². The summed E-state index contributed by atoms with van der Waals surface area (Å²) in [5.41, 5.74) is 0. The van der Waals surface area contributed by atoms with Crippen molar-refractivity contribution >= 4 is 19.8 Å². The maximum Gasteiger partial charge on any atom is 0.472 e. The summed E-state index contributed by atoms with van der Waals surface area (Å²) in [6, 6.07) is 0. The average molecular weight is 791 g/mol. The minimum Gasteiger partial charge on any atom is -0.462 e. The van der Waals surface area contributed by atoms with Gasteiger partial charge in [-0.2, -0.15) is 0 Å². The van der Waals surface area contributed by atoms with Crippen LogP contribution in [0.3, 0.4) is 0 Å². The first-order chi connectivity index (χ1) is 25.9. The zero-order valence-corrected chi connectivity index (χ0v) is 35.9. The molecule has 2 N–H and O–H groups in total. The molecule has 0 aliphatic rings. The number of nitrogens with zero attached hydrogens (tertiary/aromatic N) is 1. The van der Waals surface area contributed by atoms with E-state index in [-0.39, 0.29) is 38.1 Å². The van der Waals surface area contributed by atoms with Crippen LogP contribution in [-0.4, -0.2) is 86.3 Å². The van der Waals surface area contributed by atoms with Gasteiger partial charge in [0, 0.05) is 12.8 Å². The molecule has 0 aliphatic carbocycles. The monoisotopic (exact) mass is 791 g/mol. The molecule has 0 aromatic rings. The third-order valence-electron chi connectivity index (χ3n) is 9.21. The number of esters is 2. The average Bonchev–Trinajstić information content (AvgIpc) is 3.12. The predicted octanol–water partition coefficient (Wildman–Crippen LogP) is 11.0. The Kier molecular flexibility index (Phi) is 34.7. The summed E-state index contributed by atoms with van der Waals surface area (Å²) < 4.78 is 34.2. The summed E-state index contributed by atoms with van der Waals surface area (Å²) in [5.74, 6) is -0.855. The number of likely N-dealkylation sites (N-methyl/N-ethyl adjacent to an activating group) is 1. The van der Waals surface area contributed by atoms with E-state index in [1.165, 1.54) is 64.2 Å². The largest absolute Gasteiger partial charge is 0.472 e. The molecule has 3 atom stereocenters. The van der Waals surface area contributed by atoms with Crippen LogP contribution in [0.1, 0.15) is 174 Å². The van der Waals surface area contributed by atoms with Crippen molar-refractivity contribution in [3.05, 3.63) is 24.3 Å². The van der Waals surface area contributed by atoms with Crippen molar-refractivity contribution in [1.82, 2.24) is 0 Å². The maximum absolute atomic E-state index is 12.7. The standard InChI is InChI=1S/C42H80NO10P/c1-6-8-10-11-12-13-14-15-16-19-22-25-29-33-41(44)49-37-40(38-51-54(47,48)50-36-35-43(3,4)5)52-42(45)34-30-26-23-20-17-18-21-24-28-32-39(53-46)31-27-9-7-2/h21,24,28,32,39-40H,6-20,22-23,25-27,29-31,33-38H2,1-5H3,(H-,46,47,48)/p+1/b24-21+,32-28+/t39?,40-/m1/s1. The van der Waals surface area contributed by atoms with Crippen LogP contribution in [0.2, 0.25) is 0 Å². The molecular weight excluding hydrogens is 709 g/mol. The number of ether oxygens (including phenoxy) is 2. The molecule has 54 heavy (non-hydrogen) atoms. The van der Waals surface area contributed by atoms with Gasteiger partial charge in [0.2, 0.25) is 0 Å². The molecule has 0 rings (SSSR count). The predicted molar refractivity (Wildman–Crippen MR) is 218 cm³/mol. The lowest BCUT2D eigenvalue weighted by atomic mass is 10.0. The molecule has 0 saturated carbocycles. The minimum atomic E-state index is -4.39. The number of quaternary nitrogens is 1. The van der Waals surface area contributed by atoms with Gasteiger partial charge in [-0.15, -0.1) is 0 Å². The smallest absolute Gasteiger partial charge is 0.462 e. The van der Waals surface area contributed by atoms with Gasteiger partial charge in [-0.05, 0) is 32.1 Å². The Morgan fingerprint density at radius 3 is 1.74 bits per heavy atom. The second-order valence-electron chi connectivity index (χ2n) is 15.7. The van der Waals surface area contributed by atoms with Crippen LogP contribution in [0.4, 0.5) is 0 Å². The normalized spacial score (nSPS) is 14.4. The molecule has 0 radical (unpaired) electrons. The van der Waals surface area contributed by atoms with Crippen LogP contribution in [0, 0.1) is 0 Å². The lowest BCUT2D eigenvalue weighted by Gasteiger charge is -2.24. The van der Waals surface area contributed by atoms with Gasteiger partial charge < -0.3 is 18.9 Å². The molecule has 2 unspecified atom stereocenters. The third-order valence-corrected chi connectivity index (χ3v) is 10.2. The van der Waals surface area contributed by atoms with E-state index in [1.807, 2.05) is 39.4 Å². The topological polar surface area (TPSA) is 138 Å². The highest BCUT2D eigenvalue weighted by atomic mass is 31.2. The number of carbonyl (C=O) groups is 2. The summed E-state index contributed by atoms with van der Waals surface area (Å²) >= 11 is 0. The number of hydrogen-bond donors (Lipinski definition) is 2. The SMILES string of the molecule is CCCCCCCCCCCCCCCC(=O)OC[C@H](COP(=O)(O)OCC[N+](C)(C)C)OC(=O)CCCCCCC/C=C/C=C/C(CCCCC)OO. The third kappa shape index (κ3) is 37.3.